The highest BCUT2D eigenvalue weighted by atomic mass is 79.9. The molecule has 406 valence electrons. The van der Waals surface area contributed by atoms with E-state index in [2.05, 4.69) is 36.4 Å². The fourth-order valence-corrected chi connectivity index (χ4v) is 7.09. The van der Waals surface area contributed by atoms with Crippen LogP contribution in [0.2, 0.25) is 0 Å². The van der Waals surface area contributed by atoms with Gasteiger partial charge in [0.2, 0.25) is 0 Å². The van der Waals surface area contributed by atoms with Gasteiger partial charge in [-0.3, -0.25) is 58.3 Å². The van der Waals surface area contributed by atoms with E-state index in [9.17, 15) is 29.1 Å². The molecule has 0 atom stereocenters. The van der Waals surface area contributed by atoms with Crippen LogP contribution in [-0.4, -0.2) is 295 Å². The van der Waals surface area contributed by atoms with E-state index in [1.54, 1.807) is 9.80 Å². The van der Waals surface area contributed by atoms with Crippen molar-refractivity contribution in [3.8, 4) is 0 Å². The second kappa shape index (κ2) is 37.1. The van der Waals surface area contributed by atoms with Crippen molar-refractivity contribution >= 4 is 45.8 Å². The summed E-state index contributed by atoms with van der Waals surface area (Å²) >= 11 is 2.99. The molecule has 0 saturated carbocycles. The number of nitrogens with zero attached hydrogens (tertiary/aromatic N) is 7. The van der Waals surface area contributed by atoms with Crippen molar-refractivity contribution in [1.82, 2.24) is 44.9 Å². The number of carboxylic acids is 2. The first kappa shape index (κ1) is 66.3. The second-order valence-corrected chi connectivity index (χ2v) is 20.5. The van der Waals surface area contributed by atoms with Crippen molar-refractivity contribution in [2.45, 2.75) is 79.1 Å². The average molecular weight is 1060 g/mol. The molecule has 0 amide bonds. The maximum Gasteiger partial charge on any atom is 0.320 e. The minimum atomic E-state index is -0.886. The Bertz CT molecular complexity index is 1340. The molecule has 0 aromatic carbocycles. The fourth-order valence-electron chi connectivity index (χ4n) is 6.97. The number of halogens is 1. The third-order valence-electron chi connectivity index (χ3n) is 10.1. The average Bonchev–Trinajstić information content (AvgIpc) is 3.45. The standard InChI is InChI=1S/C20H39N3O5.C12H23N3O5.C8H19N3O.C6H11BrO2/c1-19(2,3)27-17(25)15-22-9-7-21(13-14-24)8-10-23(12-11-22)16-18(26)28-20(4,5)6;16-8-7-13-1-3-14(9-11(17)18)5-6-15(4-2-13)10-12(19)20;12-8-7-11-5-3-9-1-2-10-4-6-11;1-6(2,3)9-5(8)4-7/h24H,7-16H2,1-6H3;16H,1-10H2,(H,17,18)(H,19,20);9-10,12H,1-8H2;4H2,1-3H3. The van der Waals surface area contributed by atoms with Gasteiger partial charge in [0.25, 0.3) is 0 Å². The number of rotatable bonds is 15. The van der Waals surface area contributed by atoms with Gasteiger partial charge < -0.3 is 50.4 Å². The summed E-state index contributed by atoms with van der Waals surface area (Å²) in [5.41, 5.74) is -1.38. The SMILES string of the molecule is CC(C)(C)OC(=O)CBr.CC(C)(C)OC(=O)CN1CCN(CCO)CCN(CC(=O)OC(C)(C)C)CC1.O=C(O)CN1CCN(CCO)CCN(CC(=O)O)CC1.OCCN1CCNCCNCC1. The van der Waals surface area contributed by atoms with Crippen LogP contribution in [0, 0.1) is 0 Å². The molecule has 3 rings (SSSR count). The lowest BCUT2D eigenvalue weighted by atomic mass is 10.2. The number of aliphatic hydroxyl groups is 3. The van der Waals surface area contributed by atoms with Crippen LogP contribution < -0.4 is 10.6 Å². The number of β-amino-alcohol motifs (C(OH)–C–C–N with tert-alkyl or cyclic N) is 3. The molecule has 0 spiro atoms. The van der Waals surface area contributed by atoms with E-state index in [1.165, 1.54) is 0 Å². The van der Waals surface area contributed by atoms with Crippen molar-refractivity contribution in [1.29, 1.82) is 0 Å². The normalized spacial score (nSPS) is 18.9. The molecule has 3 saturated heterocycles. The van der Waals surface area contributed by atoms with E-state index in [1.807, 2.05) is 77.0 Å². The Morgan fingerprint density at radius 1 is 0.406 bits per heavy atom. The van der Waals surface area contributed by atoms with Gasteiger partial charge in [0.15, 0.2) is 0 Å². The minimum Gasteiger partial charge on any atom is -0.480 e. The summed E-state index contributed by atoms with van der Waals surface area (Å²) < 4.78 is 15.8. The molecular formula is C46H92BrN9O13. The summed E-state index contributed by atoms with van der Waals surface area (Å²) in [6.45, 7) is 33.4. The fraction of sp³-hybridized carbons (Fsp3) is 0.891. The largest absolute Gasteiger partial charge is 0.480 e. The predicted octanol–water partition coefficient (Wildman–Crippen LogP) is -1.15. The van der Waals surface area contributed by atoms with Crippen molar-refractivity contribution < 1.29 is 63.7 Å². The van der Waals surface area contributed by atoms with Crippen molar-refractivity contribution in [3.05, 3.63) is 0 Å². The predicted molar refractivity (Wildman–Crippen MR) is 269 cm³/mol. The van der Waals surface area contributed by atoms with E-state index in [-0.39, 0.29) is 74.8 Å². The van der Waals surface area contributed by atoms with Crippen LogP contribution in [0.3, 0.4) is 0 Å². The minimum absolute atomic E-state index is 0.0395. The first-order chi connectivity index (χ1) is 32.3. The summed E-state index contributed by atoms with van der Waals surface area (Å²) in [4.78, 5) is 70.8. The Kier molecular flexibility index (Phi) is 35.7. The van der Waals surface area contributed by atoms with Gasteiger partial charge in [-0.15, -0.1) is 0 Å². The lowest BCUT2D eigenvalue weighted by Gasteiger charge is -2.27. The van der Waals surface area contributed by atoms with Gasteiger partial charge in [0.05, 0.1) is 46.0 Å². The highest BCUT2D eigenvalue weighted by Crippen LogP contribution is 2.11. The van der Waals surface area contributed by atoms with Gasteiger partial charge in [-0.2, -0.15) is 0 Å². The highest BCUT2D eigenvalue weighted by molar-refractivity contribution is 9.09. The quantitative estimate of drug-likeness (QED) is 0.0580. The van der Waals surface area contributed by atoms with Crippen molar-refractivity contribution in [2.24, 2.45) is 0 Å². The van der Waals surface area contributed by atoms with E-state index >= 15 is 0 Å². The number of carboxylic acid groups (broad SMARTS) is 2. The molecule has 0 radical (unpaired) electrons. The van der Waals surface area contributed by atoms with Gasteiger partial charge in [0, 0.05) is 137 Å². The zero-order valence-electron chi connectivity index (χ0n) is 43.5. The number of hydrogen-bond acceptors (Lipinski definition) is 20. The van der Waals surface area contributed by atoms with Crippen molar-refractivity contribution in [3.63, 3.8) is 0 Å². The Balaban J connectivity index is 0.000000976. The maximum atomic E-state index is 12.2. The molecule has 3 heterocycles. The van der Waals surface area contributed by atoms with E-state index in [0.717, 1.165) is 58.9 Å². The molecule has 3 aliphatic heterocycles. The number of hydrogen-bond donors (Lipinski definition) is 7. The zero-order chi connectivity index (χ0) is 52.5. The van der Waals surface area contributed by atoms with Gasteiger partial charge in [-0.1, -0.05) is 15.9 Å². The monoisotopic (exact) mass is 1060 g/mol. The number of aliphatic carboxylic acids is 2. The second-order valence-electron chi connectivity index (χ2n) is 20.0. The molecule has 23 heteroatoms. The number of nitrogens with one attached hydrogen (secondary N) is 2. The number of ether oxygens (including phenoxy) is 3. The number of alkyl halides is 1. The molecule has 0 aromatic rings. The number of carbonyl (C=O) groups excluding carboxylic acids is 3. The van der Waals surface area contributed by atoms with Crippen LogP contribution in [0.4, 0.5) is 0 Å². The van der Waals surface area contributed by atoms with Gasteiger partial charge in [-0.05, 0) is 62.3 Å². The van der Waals surface area contributed by atoms with Crippen LogP contribution in [-0.2, 0) is 38.2 Å². The van der Waals surface area contributed by atoms with Crippen LogP contribution in [0.15, 0.2) is 0 Å². The van der Waals surface area contributed by atoms with Gasteiger partial charge >= 0.3 is 29.8 Å². The molecule has 3 aliphatic rings. The smallest absolute Gasteiger partial charge is 0.320 e. The molecule has 22 nitrogen and oxygen atoms in total. The Labute approximate surface area is 421 Å². The Hall–Kier alpha value is -2.65. The zero-order valence-corrected chi connectivity index (χ0v) is 45.1. The Morgan fingerprint density at radius 3 is 0.884 bits per heavy atom. The molecule has 0 unspecified atom stereocenters. The lowest BCUT2D eigenvalue weighted by molar-refractivity contribution is -0.158. The Morgan fingerprint density at radius 2 is 0.652 bits per heavy atom. The molecular weight excluding hydrogens is 966 g/mol. The van der Waals surface area contributed by atoms with Crippen LogP contribution in [0.25, 0.3) is 0 Å². The van der Waals surface area contributed by atoms with Crippen LogP contribution in [0.1, 0.15) is 62.3 Å². The van der Waals surface area contributed by atoms with E-state index in [0.29, 0.717) is 78.5 Å². The topological polar surface area (TPSA) is 261 Å². The first-order valence-corrected chi connectivity index (χ1v) is 25.4. The molecule has 3 fully saturated rings. The first-order valence-electron chi connectivity index (χ1n) is 24.2. The van der Waals surface area contributed by atoms with E-state index in [4.69, 9.17) is 34.6 Å². The van der Waals surface area contributed by atoms with Gasteiger partial charge in [-0.25, -0.2) is 0 Å². The summed E-state index contributed by atoms with van der Waals surface area (Å²) in [6.07, 6.45) is 0. The summed E-state index contributed by atoms with van der Waals surface area (Å²) in [5, 5.41) is 51.8. The molecule has 0 aromatic heterocycles. The van der Waals surface area contributed by atoms with E-state index < -0.39 is 23.1 Å². The summed E-state index contributed by atoms with van der Waals surface area (Å²) in [7, 11) is 0. The summed E-state index contributed by atoms with van der Waals surface area (Å²) in [5.74, 6) is -2.49. The third kappa shape index (κ3) is 40.6. The van der Waals surface area contributed by atoms with Crippen molar-refractivity contribution in [2.75, 3.05) is 189 Å². The number of esters is 3. The summed E-state index contributed by atoms with van der Waals surface area (Å²) in [6, 6.07) is 0. The highest BCUT2D eigenvalue weighted by Gasteiger charge is 2.25. The maximum absolute atomic E-state index is 12.2. The van der Waals surface area contributed by atoms with Gasteiger partial charge in [0.1, 0.15) is 22.1 Å². The number of carbonyl (C=O) groups is 5. The third-order valence-corrected chi connectivity index (χ3v) is 10.6. The lowest BCUT2D eigenvalue weighted by Crippen LogP contribution is -2.42. The number of aliphatic hydroxyl groups excluding tert-OH is 3. The molecule has 0 bridgehead atoms. The van der Waals surface area contributed by atoms with Crippen LogP contribution >= 0.6 is 15.9 Å². The molecule has 69 heavy (non-hydrogen) atoms. The van der Waals surface area contributed by atoms with Crippen LogP contribution in [0.5, 0.6) is 0 Å². The molecule has 7 N–H and O–H groups in total. The molecule has 0 aliphatic carbocycles.